The minimum Gasteiger partial charge on any atom is -0.420 e. The SMILES string of the molecule is Cc1[nH]c(C)c(S(=O)(=O)NC2CCCCC2)c1-c1nnc(C2CCC2)o1. The van der Waals surface area contributed by atoms with Crippen molar-refractivity contribution in [2.75, 3.05) is 0 Å². The van der Waals surface area contributed by atoms with Crippen LogP contribution in [-0.4, -0.2) is 29.6 Å². The first-order valence-electron chi connectivity index (χ1n) is 9.51. The van der Waals surface area contributed by atoms with Gasteiger partial charge in [0.2, 0.25) is 15.9 Å². The van der Waals surface area contributed by atoms with Crippen molar-refractivity contribution >= 4 is 10.0 Å². The van der Waals surface area contributed by atoms with Crippen molar-refractivity contribution in [3.05, 3.63) is 17.3 Å². The predicted molar refractivity (Wildman–Crippen MR) is 97.3 cm³/mol. The Morgan fingerprint density at radius 3 is 2.38 bits per heavy atom. The second-order valence-corrected chi connectivity index (χ2v) is 9.26. The van der Waals surface area contributed by atoms with E-state index in [0.29, 0.717) is 23.1 Å². The summed E-state index contributed by atoms with van der Waals surface area (Å²) >= 11 is 0. The van der Waals surface area contributed by atoms with Gasteiger partial charge in [-0.05, 0) is 39.5 Å². The molecule has 142 valence electrons. The van der Waals surface area contributed by atoms with E-state index in [4.69, 9.17) is 4.42 Å². The predicted octanol–water partition coefficient (Wildman–Crippen LogP) is 3.56. The lowest BCUT2D eigenvalue weighted by Crippen LogP contribution is -2.36. The molecule has 8 heteroatoms. The van der Waals surface area contributed by atoms with Gasteiger partial charge in [-0.3, -0.25) is 0 Å². The van der Waals surface area contributed by atoms with Gasteiger partial charge < -0.3 is 9.40 Å². The number of H-pyrrole nitrogens is 1. The quantitative estimate of drug-likeness (QED) is 0.828. The lowest BCUT2D eigenvalue weighted by molar-refractivity contribution is 0.338. The maximum Gasteiger partial charge on any atom is 0.250 e. The third kappa shape index (κ3) is 3.20. The van der Waals surface area contributed by atoms with Crippen LogP contribution in [0.3, 0.4) is 0 Å². The summed E-state index contributed by atoms with van der Waals surface area (Å²) in [4.78, 5) is 3.38. The zero-order valence-electron chi connectivity index (χ0n) is 15.3. The van der Waals surface area contributed by atoms with Crippen LogP contribution in [0.25, 0.3) is 11.5 Å². The van der Waals surface area contributed by atoms with Crippen molar-refractivity contribution in [3.63, 3.8) is 0 Å². The van der Waals surface area contributed by atoms with Crippen LogP contribution in [0.4, 0.5) is 0 Å². The van der Waals surface area contributed by atoms with Gasteiger partial charge in [0.1, 0.15) is 4.90 Å². The molecule has 0 radical (unpaired) electrons. The van der Waals surface area contributed by atoms with Crippen molar-refractivity contribution < 1.29 is 12.8 Å². The van der Waals surface area contributed by atoms with Gasteiger partial charge in [-0.15, -0.1) is 10.2 Å². The van der Waals surface area contributed by atoms with Gasteiger partial charge >= 0.3 is 0 Å². The molecule has 0 atom stereocenters. The first-order valence-corrected chi connectivity index (χ1v) is 11.0. The van der Waals surface area contributed by atoms with E-state index in [0.717, 1.165) is 44.2 Å². The van der Waals surface area contributed by atoms with Gasteiger partial charge in [-0.25, -0.2) is 13.1 Å². The van der Waals surface area contributed by atoms with E-state index >= 15 is 0 Å². The molecule has 2 aromatic heterocycles. The van der Waals surface area contributed by atoms with Crippen molar-refractivity contribution in [2.24, 2.45) is 0 Å². The van der Waals surface area contributed by atoms with E-state index in [-0.39, 0.29) is 16.8 Å². The fourth-order valence-corrected chi connectivity index (χ4v) is 5.76. The second-order valence-electron chi connectivity index (χ2n) is 7.61. The van der Waals surface area contributed by atoms with Crippen LogP contribution in [0, 0.1) is 13.8 Å². The first kappa shape index (κ1) is 17.7. The average molecular weight is 378 g/mol. The molecule has 26 heavy (non-hydrogen) atoms. The summed E-state index contributed by atoms with van der Waals surface area (Å²) in [6, 6.07) is 0.00410. The van der Waals surface area contributed by atoms with E-state index in [9.17, 15) is 8.42 Å². The highest BCUT2D eigenvalue weighted by Crippen LogP contribution is 2.38. The number of aromatic nitrogens is 3. The molecule has 2 aliphatic rings. The van der Waals surface area contributed by atoms with E-state index in [1.807, 2.05) is 6.92 Å². The van der Waals surface area contributed by atoms with Gasteiger partial charge in [0.25, 0.3) is 5.89 Å². The number of aryl methyl sites for hydroxylation is 2. The van der Waals surface area contributed by atoms with Crippen LogP contribution in [0.1, 0.15) is 74.6 Å². The topological polar surface area (TPSA) is 101 Å². The Bertz CT molecular complexity index is 890. The van der Waals surface area contributed by atoms with Gasteiger partial charge in [-0.2, -0.15) is 0 Å². The molecule has 0 amide bonds. The summed E-state index contributed by atoms with van der Waals surface area (Å²) in [5, 5.41) is 8.31. The van der Waals surface area contributed by atoms with Crippen LogP contribution in [0.15, 0.2) is 9.31 Å². The van der Waals surface area contributed by atoms with Gasteiger partial charge in [0.05, 0.1) is 5.56 Å². The monoisotopic (exact) mass is 378 g/mol. The molecule has 2 aliphatic carbocycles. The first-order chi connectivity index (χ1) is 12.5. The Morgan fingerprint density at radius 1 is 1.00 bits per heavy atom. The Kier molecular flexibility index (Phi) is 4.64. The molecule has 7 nitrogen and oxygen atoms in total. The molecule has 4 rings (SSSR count). The number of nitrogens with one attached hydrogen (secondary N) is 2. The smallest absolute Gasteiger partial charge is 0.250 e. The van der Waals surface area contributed by atoms with E-state index in [1.165, 1.54) is 12.8 Å². The molecule has 0 aliphatic heterocycles. The maximum absolute atomic E-state index is 13.1. The highest BCUT2D eigenvalue weighted by atomic mass is 32.2. The molecule has 2 fully saturated rings. The molecular weight excluding hydrogens is 352 g/mol. The molecule has 0 bridgehead atoms. The van der Waals surface area contributed by atoms with Crippen molar-refractivity contribution in [2.45, 2.75) is 82.1 Å². The molecule has 0 unspecified atom stereocenters. The molecule has 2 N–H and O–H groups in total. The normalized spacial score (nSPS) is 19.6. The summed E-state index contributed by atoms with van der Waals surface area (Å²) in [5.41, 5.74) is 1.84. The summed E-state index contributed by atoms with van der Waals surface area (Å²) in [7, 11) is -3.66. The molecular formula is C18H26N4O3S. The number of hydrogen-bond donors (Lipinski definition) is 2. The van der Waals surface area contributed by atoms with Crippen LogP contribution >= 0.6 is 0 Å². The zero-order chi connectivity index (χ0) is 18.3. The van der Waals surface area contributed by atoms with Crippen LogP contribution < -0.4 is 4.72 Å². The fourth-order valence-electron chi connectivity index (χ4n) is 4.01. The third-order valence-electron chi connectivity index (χ3n) is 5.62. The van der Waals surface area contributed by atoms with Crippen LogP contribution in [0.5, 0.6) is 0 Å². The summed E-state index contributed by atoms with van der Waals surface area (Å²) in [6.45, 7) is 3.62. The Hall–Kier alpha value is -1.67. The summed E-state index contributed by atoms with van der Waals surface area (Å²) in [5.74, 6) is 1.22. The van der Waals surface area contributed by atoms with Crippen LogP contribution in [-0.2, 0) is 10.0 Å². The van der Waals surface area contributed by atoms with Crippen molar-refractivity contribution in [1.29, 1.82) is 0 Å². The van der Waals surface area contributed by atoms with Crippen LogP contribution in [0.2, 0.25) is 0 Å². The molecule has 2 heterocycles. The summed E-state index contributed by atoms with van der Waals surface area (Å²) < 4.78 is 35.0. The highest BCUT2D eigenvalue weighted by molar-refractivity contribution is 7.89. The van der Waals surface area contributed by atoms with Crippen molar-refractivity contribution in [3.8, 4) is 11.5 Å². The van der Waals surface area contributed by atoms with Gasteiger partial charge in [0.15, 0.2) is 0 Å². The standard InChI is InChI=1S/C18H26N4O3S/c1-11-15(18-21-20-17(25-18)13-7-6-8-13)16(12(2)19-11)26(23,24)22-14-9-4-3-5-10-14/h13-14,19,22H,3-10H2,1-2H3. The summed E-state index contributed by atoms with van der Waals surface area (Å²) in [6.07, 6.45) is 8.39. The number of sulfonamides is 1. The van der Waals surface area contributed by atoms with E-state index < -0.39 is 10.0 Å². The minimum atomic E-state index is -3.66. The second kappa shape index (κ2) is 6.81. The van der Waals surface area contributed by atoms with Crippen molar-refractivity contribution in [1.82, 2.24) is 19.9 Å². The molecule has 0 spiro atoms. The largest absolute Gasteiger partial charge is 0.420 e. The number of aromatic amines is 1. The zero-order valence-corrected chi connectivity index (χ0v) is 16.2. The number of rotatable bonds is 5. The molecule has 2 aromatic rings. The Balaban J connectivity index is 1.68. The fraction of sp³-hybridized carbons (Fsp3) is 0.667. The Morgan fingerprint density at radius 2 is 1.73 bits per heavy atom. The van der Waals surface area contributed by atoms with E-state index in [2.05, 4.69) is 19.9 Å². The average Bonchev–Trinajstić information content (AvgIpc) is 3.10. The molecule has 0 saturated heterocycles. The molecule has 2 saturated carbocycles. The van der Waals surface area contributed by atoms with E-state index in [1.54, 1.807) is 6.92 Å². The minimum absolute atomic E-state index is 0.00410. The Labute approximate surface area is 154 Å². The maximum atomic E-state index is 13.1. The third-order valence-corrected chi connectivity index (χ3v) is 7.31. The van der Waals surface area contributed by atoms with Gasteiger partial charge in [0, 0.05) is 23.3 Å². The number of nitrogens with zero attached hydrogens (tertiary/aromatic N) is 2. The molecule has 0 aromatic carbocycles. The number of hydrogen-bond acceptors (Lipinski definition) is 5. The highest BCUT2D eigenvalue weighted by Gasteiger charge is 2.32. The van der Waals surface area contributed by atoms with Gasteiger partial charge in [-0.1, -0.05) is 25.7 Å². The lowest BCUT2D eigenvalue weighted by Gasteiger charge is -2.22. The lowest BCUT2D eigenvalue weighted by atomic mass is 9.85.